The quantitative estimate of drug-likeness (QED) is 0.170. The van der Waals surface area contributed by atoms with Crippen molar-refractivity contribution in [1.29, 1.82) is 0 Å². The Hall–Kier alpha value is -4.78. The molecule has 0 heterocycles. The van der Waals surface area contributed by atoms with E-state index in [2.05, 4.69) is 19.7 Å². The lowest BCUT2D eigenvalue weighted by atomic mass is 9.93. The van der Waals surface area contributed by atoms with Gasteiger partial charge in [0.1, 0.15) is 23.4 Å². The van der Waals surface area contributed by atoms with Crippen molar-refractivity contribution in [3.8, 4) is 33.8 Å². The second kappa shape index (κ2) is 11.5. The largest absolute Gasteiger partial charge is 0.454 e. The minimum atomic E-state index is -0.681. The predicted octanol–water partition coefficient (Wildman–Crippen LogP) is 7.23. The highest BCUT2D eigenvalue weighted by atomic mass is 19.1. The summed E-state index contributed by atoms with van der Waals surface area (Å²) in [7, 11) is 0. The molecule has 1 aliphatic rings. The van der Waals surface area contributed by atoms with Crippen LogP contribution in [0.15, 0.2) is 91.1 Å². The standard InChI is InChI=1S/C33H29FO6/c1-18(2)31(35)38-23-9-7-8-21(16-23)22-10-11-25(27(34)17-22)24-12-14-28(39-32(36)19(3)4)30-26(24)13-15-29(30)40-33(37)20(5)6/h7-12,14,16-17,29H,1,3,5,13,15H2,2,4,6H3. The molecule has 40 heavy (non-hydrogen) atoms. The summed E-state index contributed by atoms with van der Waals surface area (Å²) in [4.78, 5) is 36.5. The first kappa shape index (κ1) is 28.2. The molecule has 0 radical (unpaired) electrons. The number of ether oxygens (including phenoxy) is 3. The lowest BCUT2D eigenvalue weighted by Gasteiger charge is -2.19. The Balaban J connectivity index is 1.73. The molecule has 0 saturated carbocycles. The predicted molar refractivity (Wildman–Crippen MR) is 150 cm³/mol. The zero-order valence-electron chi connectivity index (χ0n) is 22.6. The van der Waals surface area contributed by atoms with E-state index in [1.54, 1.807) is 62.4 Å². The Kier molecular flexibility index (Phi) is 8.14. The summed E-state index contributed by atoms with van der Waals surface area (Å²) >= 11 is 0. The maximum Gasteiger partial charge on any atom is 0.338 e. The van der Waals surface area contributed by atoms with Gasteiger partial charge in [-0.1, -0.05) is 50.1 Å². The van der Waals surface area contributed by atoms with Gasteiger partial charge >= 0.3 is 17.9 Å². The van der Waals surface area contributed by atoms with Gasteiger partial charge in [0.25, 0.3) is 0 Å². The average molecular weight is 541 g/mol. The minimum Gasteiger partial charge on any atom is -0.454 e. The van der Waals surface area contributed by atoms with E-state index in [1.807, 2.05) is 0 Å². The number of rotatable bonds is 8. The fourth-order valence-corrected chi connectivity index (χ4v) is 4.41. The first-order valence-electron chi connectivity index (χ1n) is 12.6. The van der Waals surface area contributed by atoms with Gasteiger partial charge in [0.05, 0.1) is 0 Å². The average Bonchev–Trinajstić information content (AvgIpc) is 3.33. The van der Waals surface area contributed by atoms with Gasteiger partial charge in [0, 0.05) is 27.8 Å². The fourth-order valence-electron chi connectivity index (χ4n) is 4.41. The molecular formula is C33H29FO6. The van der Waals surface area contributed by atoms with Crippen LogP contribution in [0.5, 0.6) is 11.5 Å². The number of hydrogen-bond donors (Lipinski definition) is 0. The van der Waals surface area contributed by atoms with Crippen molar-refractivity contribution in [2.24, 2.45) is 0 Å². The van der Waals surface area contributed by atoms with E-state index >= 15 is 4.39 Å². The van der Waals surface area contributed by atoms with Gasteiger partial charge in [-0.3, -0.25) is 0 Å². The fraction of sp³-hybridized carbons (Fsp3) is 0.182. The molecule has 0 aliphatic heterocycles. The number of hydrogen-bond acceptors (Lipinski definition) is 6. The SMILES string of the molecule is C=C(C)C(=O)Oc1cccc(-c2ccc(-c3ccc(OC(=O)C(=C)C)c4c3CCC4OC(=O)C(=C)C)c(F)c2)c1. The Morgan fingerprint density at radius 3 is 2.05 bits per heavy atom. The van der Waals surface area contributed by atoms with Crippen molar-refractivity contribution >= 4 is 17.9 Å². The van der Waals surface area contributed by atoms with Crippen molar-refractivity contribution < 1.29 is 33.0 Å². The first-order chi connectivity index (χ1) is 19.0. The van der Waals surface area contributed by atoms with Crippen LogP contribution >= 0.6 is 0 Å². The third-order valence-electron chi connectivity index (χ3n) is 6.43. The number of carbonyl (C=O) groups excluding carboxylic acids is 3. The van der Waals surface area contributed by atoms with Gasteiger partial charge in [0.2, 0.25) is 0 Å². The summed E-state index contributed by atoms with van der Waals surface area (Å²) < 4.78 is 32.1. The van der Waals surface area contributed by atoms with Crippen LogP contribution in [0.3, 0.4) is 0 Å². The molecule has 1 atom stereocenters. The summed E-state index contributed by atoms with van der Waals surface area (Å²) in [5.74, 6) is -1.63. The molecule has 6 nitrogen and oxygen atoms in total. The molecule has 1 aliphatic carbocycles. The normalized spacial score (nSPS) is 13.7. The second-order valence-electron chi connectivity index (χ2n) is 9.78. The van der Waals surface area contributed by atoms with E-state index in [-0.39, 0.29) is 22.5 Å². The van der Waals surface area contributed by atoms with Crippen molar-refractivity contribution in [1.82, 2.24) is 0 Å². The summed E-state index contributed by atoms with van der Waals surface area (Å²) in [6.07, 6.45) is 0.242. The molecule has 3 aromatic rings. The van der Waals surface area contributed by atoms with Crippen LogP contribution < -0.4 is 9.47 Å². The van der Waals surface area contributed by atoms with Gasteiger partial charge in [-0.2, -0.15) is 0 Å². The van der Waals surface area contributed by atoms with Crippen LogP contribution in [-0.4, -0.2) is 17.9 Å². The lowest BCUT2D eigenvalue weighted by molar-refractivity contribution is -0.144. The number of halogens is 1. The number of fused-ring (bicyclic) bond motifs is 1. The van der Waals surface area contributed by atoms with E-state index in [4.69, 9.17) is 14.2 Å². The minimum absolute atomic E-state index is 0.214. The summed E-state index contributed by atoms with van der Waals surface area (Å²) in [5.41, 5.74) is 4.18. The summed E-state index contributed by atoms with van der Waals surface area (Å²) in [6, 6.07) is 14.9. The van der Waals surface area contributed by atoms with E-state index in [9.17, 15) is 14.4 Å². The van der Waals surface area contributed by atoms with Gasteiger partial charge in [-0.15, -0.1) is 0 Å². The van der Waals surface area contributed by atoms with Crippen LogP contribution in [0.2, 0.25) is 0 Å². The number of carbonyl (C=O) groups is 3. The molecule has 4 rings (SSSR count). The van der Waals surface area contributed by atoms with Crippen LogP contribution in [0.1, 0.15) is 44.4 Å². The maximum atomic E-state index is 15.6. The zero-order valence-corrected chi connectivity index (χ0v) is 22.6. The van der Waals surface area contributed by atoms with Gasteiger partial charge in [0.15, 0.2) is 0 Å². The van der Waals surface area contributed by atoms with Crippen molar-refractivity contribution in [3.05, 3.63) is 108 Å². The summed E-state index contributed by atoms with van der Waals surface area (Å²) in [5, 5.41) is 0. The smallest absolute Gasteiger partial charge is 0.338 e. The molecule has 0 spiro atoms. The molecule has 0 N–H and O–H groups in total. The van der Waals surface area contributed by atoms with E-state index in [1.165, 1.54) is 13.0 Å². The number of esters is 3. The van der Waals surface area contributed by atoms with Crippen LogP contribution in [0.4, 0.5) is 4.39 Å². The van der Waals surface area contributed by atoms with Gasteiger partial charge in [-0.05, 0) is 80.1 Å². The Bertz CT molecular complexity index is 1580. The van der Waals surface area contributed by atoms with E-state index in [0.717, 1.165) is 5.56 Å². The Labute approximate surface area is 232 Å². The topological polar surface area (TPSA) is 78.9 Å². The third kappa shape index (κ3) is 5.94. The van der Waals surface area contributed by atoms with Crippen molar-refractivity contribution in [2.45, 2.75) is 39.7 Å². The van der Waals surface area contributed by atoms with Crippen LogP contribution in [-0.2, 0) is 25.5 Å². The molecule has 204 valence electrons. The molecule has 0 amide bonds. The van der Waals surface area contributed by atoms with Crippen molar-refractivity contribution in [3.63, 3.8) is 0 Å². The lowest BCUT2D eigenvalue weighted by Crippen LogP contribution is -2.14. The Morgan fingerprint density at radius 2 is 1.40 bits per heavy atom. The highest BCUT2D eigenvalue weighted by Crippen LogP contribution is 2.46. The molecule has 0 saturated heterocycles. The Morgan fingerprint density at radius 1 is 0.775 bits per heavy atom. The monoisotopic (exact) mass is 540 g/mol. The van der Waals surface area contributed by atoms with E-state index in [0.29, 0.717) is 46.4 Å². The third-order valence-corrected chi connectivity index (χ3v) is 6.43. The molecule has 3 aromatic carbocycles. The maximum absolute atomic E-state index is 15.6. The molecule has 0 bridgehead atoms. The van der Waals surface area contributed by atoms with Crippen molar-refractivity contribution in [2.75, 3.05) is 0 Å². The highest BCUT2D eigenvalue weighted by molar-refractivity contribution is 5.90. The molecule has 0 aromatic heterocycles. The summed E-state index contributed by atoms with van der Waals surface area (Å²) in [6.45, 7) is 15.5. The first-order valence-corrected chi connectivity index (χ1v) is 12.6. The number of benzene rings is 3. The molecule has 1 unspecified atom stereocenters. The molecule has 7 heteroatoms. The van der Waals surface area contributed by atoms with Gasteiger partial charge in [-0.25, -0.2) is 18.8 Å². The molecule has 0 fully saturated rings. The van der Waals surface area contributed by atoms with Crippen LogP contribution in [0, 0.1) is 5.82 Å². The highest BCUT2D eigenvalue weighted by Gasteiger charge is 2.33. The zero-order chi connectivity index (χ0) is 29.1. The van der Waals surface area contributed by atoms with Crippen LogP contribution in [0.25, 0.3) is 22.3 Å². The second-order valence-corrected chi connectivity index (χ2v) is 9.78. The molecular weight excluding hydrogens is 511 g/mol. The van der Waals surface area contributed by atoms with Gasteiger partial charge < -0.3 is 14.2 Å². The van der Waals surface area contributed by atoms with E-state index < -0.39 is 29.8 Å².